The fourth-order valence-corrected chi connectivity index (χ4v) is 4.93. The average Bonchev–Trinajstić information content (AvgIpc) is 3.32. The zero-order chi connectivity index (χ0) is 34.1. The molecule has 0 fully saturated rings. The summed E-state index contributed by atoms with van der Waals surface area (Å²) in [6.07, 6.45) is 3.46. The van der Waals surface area contributed by atoms with Crippen molar-refractivity contribution in [3.05, 3.63) is 88.0 Å². The number of nitrogens with zero attached hydrogens (tertiary/aromatic N) is 2. The van der Waals surface area contributed by atoms with E-state index in [-0.39, 0.29) is 16.9 Å². The summed E-state index contributed by atoms with van der Waals surface area (Å²) in [4.78, 5) is 36.2. The number of carbonyl (C=O) groups is 3. The molecular weight excluding hydrogens is 577 g/mol. The van der Waals surface area contributed by atoms with Crippen LogP contribution in [-0.4, -0.2) is 36.2 Å². The van der Waals surface area contributed by atoms with Gasteiger partial charge in [-0.3, -0.25) is 9.69 Å². The molecule has 2 heterocycles. The minimum Gasteiger partial charge on any atom is -0.506 e. The van der Waals surface area contributed by atoms with Gasteiger partial charge in [0.25, 0.3) is 5.91 Å². The minimum absolute atomic E-state index is 0.0165. The summed E-state index contributed by atoms with van der Waals surface area (Å²) >= 11 is 0. The van der Waals surface area contributed by atoms with Crippen molar-refractivity contribution in [3.8, 4) is 11.5 Å². The molecule has 1 amide bonds. The molecule has 0 saturated carbocycles. The number of aromatic hydroxyl groups is 1. The Kier molecular flexibility index (Phi) is 12.8. The number of nitrogens with one attached hydrogen (secondary N) is 1. The molecular formula is C35H44FN3O6. The monoisotopic (exact) mass is 621 g/mol. The highest BCUT2D eigenvalue weighted by molar-refractivity contribution is 6.09. The van der Waals surface area contributed by atoms with Crippen molar-refractivity contribution in [2.24, 2.45) is 5.41 Å². The van der Waals surface area contributed by atoms with Crippen molar-refractivity contribution in [2.45, 2.75) is 74.3 Å². The number of amides is 1. The van der Waals surface area contributed by atoms with Gasteiger partial charge in [-0.25, -0.2) is 9.37 Å². The van der Waals surface area contributed by atoms with Crippen LogP contribution in [0.3, 0.4) is 0 Å². The fourth-order valence-electron chi connectivity index (χ4n) is 4.93. The number of aryl methyl sites for hydroxylation is 2. The van der Waals surface area contributed by atoms with Crippen molar-refractivity contribution in [1.82, 2.24) is 4.98 Å². The number of hydrogen-bond acceptors (Lipinski definition) is 8. The van der Waals surface area contributed by atoms with Gasteiger partial charge >= 0.3 is 0 Å². The summed E-state index contributed by atoms with van der Waals surface area (Å²) in [6.45, 7) is 19.9. The normalized spacial score (nSPS) is 14.6. The molecule has 2 aromatic carbocycles. The SMILES string of the molecule is C/C=C(\C)COc1ccc(C2C(C)=C(CC(C)(C)CC)Nc3c(O)cccc3N2C(=O)c2nc(C)oc2C)c(F)c1.C=O.C=O. The lowest BCUT2D eigenvalue weighted by molar-refractivity contribution is -0.0987. The summed E-state index contributed by atoms with van der Waals surface area (Å²) in [7, 11) is 0. The number of halogens is 1. The molecule has 1 aliphatic rings. The number of phenols is 1. The molecule has 45 heavy (non-hydrogen) atoms. The molecule has 2 N–H and O–H groups in total. The molecule has 1 aliphatic heterocycles. The van der Waals surface area contributed by atoms with Crippen LogP contribution < -0.4 is 15.0 Å². The zero-order valence-corrected chi connectivity index (χ0v) is 27.4. The second-order valence-electron chi connectivity index (χ2n) is 11.5. The molecule has 10 heteroatoms. The zero-order valence-electron chi connectivity index (χ0n) is 27.4. The third kappa shape index (κ3) is 8.26. The Morgan fingerprint density at radius 3 is 2.40 bits per heavy atom. The number of aromatic nitrogens is 1. The second-order valence-corrected chi connectivity index (χ2v) is 11.5. The van der Waals surface area contributed by atoms with E-state index in [1.165, 1.54) is 11.0 Å². The van der Waals surface area contributed by atoms with Crippen LogP contribution in [0.4, 0.5) is 15.8 Å². The lowest BCUT2D eigenvalue weighted by Gasteiger charge is -2.33. The van der Waals surface area contributed by atoms with Crippen LogP contribution in [0, 0.1) is 25.1 Å². The number of oxazole rings is 1. The number of fused-ring (bicyclic) bond motifs is 1. The Morgan fingerprint density at radius 1 is 1.18 bits per heavy atom. The number of anilines is 2. The van der Waals surface area contributed by atoms with Gasteiger partial charge in [-0.2, -0.15) is 0 Å². The summed E-state index contributed by atoms with van der Waals surface area (Å²) < 4.78 is 27.5. The molecule has 0 saturated heterocycles. The fraction of sp³-hybridized carbons (Fsp3) is 0.371. The Bertz CT molecular complexity index is 1560. The van der Waals surface area contributed by atoms with Gasteiger partial charge in [0.1, 0.15) is 48.9 Å². The number of hydrogen-bond donors (Lipinski definition) is 2. The predicted molar refractivity (Wildman–Crippen MR) is 174 cm³/mol. The van der Waals surface area contributed by atoms with Crippen LogP contribution >= 0.6 is 0 Å². The van der Waals surface area contributed by atoms with E-state index in [4.69, 9.17) is 18.7 Å². The first-order valence-corrected chi connectivity index (χ1v) is 14.5. The molecule has 0 aliphatic carbocycles. The largest absolute Gasteiger partial charge is 0.506 e. The maximum Gasteiger partial charge on any atom is 0.281 e. The van der Waals surface area contributed by atoms with Crippen molar-refractivity contribution in [3.63, 3.8) is 0 Å². The van der Waals surface area contributed by atoms with Crippen LogP contribution in [-0.2, 0) is 9.59 Å². The van der Waals surface area contributed by atoms with Gasteiger partial charge < -0.3 is 29.2 Å². The van der Waals surface area contributed by atoms with E-state index >= 15 is 4.39 Å². The Balaban J connectivity index is 0.00000169. The Morgan fingerprint density at radius 2 is 1.84 bits per heavy atom. The highest BCUT2D eigenvalue weighted by Gasteiger charge is 2.39. The molecule has 242 valence electrons. The summed E-state index contributed by atoms with van der Waals surface area (Å²) in [5.41, 5.74) is 3.72. The van der Waals surface area contributed by atoms with Gasteiger partial charge in [-0.15, -0.1) is 0 Å². The Labute approximate surface area is 264 Å². The molecule has 1 atom stereocenters. The van der Waals surface area contributed by atoms with Crippen LogP contribution in [0.5, 0.6) is 11.5 Å². The van der Waals surface area contributed by atoms with Crippen molar-refractivity contribution < 1.29 is 33.0 Å². The first-order valence-electron chi connectivity index (χ1n) is 14.5. The van der Waals surface area contributed by atoms with E-state index in [9.17, 15) is 9.90 Å². The number of ether oxygens (including phenoxy) is 1. The van der Waals surface area contributed by atoms with Gasteiger partial charge in [0.2, 0.25) is 0 Å². The highest BCUT2D eigenvalue weighted by atomic mass is 19.1. The molecule has 0 spiro atoms. The number of allylic oxidation sites excluding steroid dienone is 2. The quantitative estimate of drug-likeness (QED) is 0.192. The lowest BCUT2D eigenvalue weighted by atomic mass is 9.83. The van der Waals surface area contributed by atoms with E-state index in [1.807, 2.05) is 40.4 Å². The average molecular weight is 622 g/mol. The number of carbonyl (C=O) groups excluding carboxylic acids is 3. The first-order chi connectivity index (χ1) is 21.4. The van der Waals surface area contributed by atoms with Crippen LogP contribution in [0.15, 0.2) is 63.7 Å². The maximum atomic E-state index is 16.1. The molecule has 9 nitrogen and oxygen atoms in total. The van der Waals surface area contributed by atoms with Crippen molar-refractivity contribution >= 4 is 30.9 Å². The third-order valence-corrected chi connectivity index (χ3v) is 7.86. The lowest BCUT2D eigenvalue weighted by Crippen LogP contribution is -2.36. The maximum absolute atomic E-state index is 16.1. The second kappa shape index (κ2) is 15.8. The standard InChI is InChI=1S/C33H40FN3O4.2CH2O/c1-9-19(3)18-40-23-14-15-24(25(34)16-23)31-20(4)26(17-33(7,8)10-2)36-30-27(12-11-13-28(30)38)37(31)32(39)29-21(5)41-22(6)35-29;2*1-2/h9,11-16,31,36,38H,10,17-18H2,1-8H3;2*1H2/b19-9+;;. The molecule has 0 bridgehead atoms. The smallest absolute Gasteiger partial charge is 0.281 e. The molecule has 1 aromatic heterocycles. The van der Waals surface area contributed by atoms with Crippen LogP contribution in [0.1, 0.15) is 88.1 Å². The predicted octanol–water partition coefficient (Wildman–Crippen LogP) is 8.03. The number of benzene rings is 2. The van der Waals surface area contributed by atoms with Gasteiger partial charge in [0.05, 0.1) is 11.7 Å². The number of rotatable bonds is 8. The molecule has 4 rings (SSSR count). The topological polar surface area (TPSA) is 122 Å². The minimum atomic E-state index is -0.844. The summed E-state index contributed by atoms with van der Waals surface area (Å²) in [5, 5.41) is 14.4. The van der Waals surface area contributed by atoms with E-state index < -0.39 is 17.8 Å². The van der Waals surface area contributed by atoms with Gasteiger partial charge in [-0.1, -0.05) is 39.3 Å². The highest BCUT2D eigenvalue weighted by Crippen LogP contribution is 2.48. The third-order valence-electron chi connectivity index (χ3n) is 7.86. The van der Waals surface area contributed by atoms with Crippen molar-refractivity contribution in [1.29, 1.82) is 0 Å². The van der Waals surface area contributed by atoms with E-state index in [2.05, 4.69) is 31.1 Å². The van der Waals surface area contributed by atoms with Crippen LogP contribution in [0.2, 0.25) is 0 Å². The van der Waals surface area contributed by atoms with Crippen LogP contribution in [0.25, 0.3) is 0 Å². The summed E-state index contributed by atoms with van der Waals surface area (Å²) in [5.74, 6) is 0.130. The van der Waals surface area contributed by atoms with Gasteiger partial charge in [0, 0.05) is 24.3 Å². The molecule has 1 unspecified atom stereocenters. The van der Waals surface area contributed by atoms with E-state index in [0.29, 0.717) is 47.4 Å². The molecule has 0 radical (unpaired) electrons. The van der Waals surface area contributed by atoms with E-state index in [0.717, 1.165) is 23.3 Å². The number of phenolic OH excluding ortho intramolecular Hbond substituents is 1. The number of para-hydroxylation sites is 1. The van der Waals surface area contributed by atoms with E-state index in [1.54, 1.807) is 44.2 Å². The summed E-state index contributed by atoms with van der Waals surface area (Å²) in [6, 6.07) is 8.88. The van der Waals surface area contributed by atoms with Crippen molar-refractivity contribution in [2.75, 3.05) is 16.8 Å². The Hall–Kier alpha value is -4.73. The van der Waals surface area contributed by atoms with Gasteiger partial charge in [-0.05, 0) is 74.9 Å². The first kappa shape index (κ1) is 36.5. The molecule has 3 aromatic rings. The van der Waals surface area contributed by atoms with Gasteiger partial charge in [0.15, 0.2) is 11.6 Å².